The predicted octanol–water partition coefficient (Wildman–Crippen LogP) is 7.13. The number of amides is 1. The van der Waals surface area contributed by atoms with E-state index in [1.54, 1.807) is 37.4 Å². The van der Waals surface area contributed by atoms with Gasteiger partial charge in [-0.2, -0.15) is 0 Å². The molecule has 10 nitrogen and oxygen atoms in total. The minimum Gasteiger partial charge on any atom is -0.493 e. The van der Waals surface area contributed by atoms with E-state index in [1.807, 2.05) is 24.0 Å². The Kier molecular flexibility index (Phi) is 23.4. The number of hydrogen-bond acceptors (Lipinski definition) is 9. The van der Waals surface area contributed by atoms with Crippen molar-refractivity contribution in [2.45, 2.75) is 57.9 Å². The molecule has 1 atom stereocenters. The largest absolute Gasteiger partial charge is 0.493 e. The SMILES string of the molecule is COc1ccc(C(=O)N(CCC2CCCN2C)CC(C)=Cc2ccccc2F)cc1OCCOCCOCCOCCOCCOCCCCCCCl. The van der Waals surface area contributed by atoms with Gasteiger partial charge >= 0.3 is 0 Å². The molecule has 2 aromatic carbocycles. The first-order valence-electron chi connectivity index (χ1n) is 19.1. The summed E-state index contributed by atoms with van der Waals surface area (Å²) in [6, 6.07) is 12.3. The van der Waals surface area contributed by atoms with Crippen LogP contribution in [0.4, 0.5) is 4.39 Å². The van der Waals surface area contributed by atoms with E-state index in [1.165, 1.54) is 6.07 Å². The molecule has 0 N–H and O–H groups in total. The predicted molar refractivity (Wildman–Crippen MR) is 208 cm³/mol. The van der Waals surface area contributed by atoms with Gasteiger partial charge in [-0.1, -0.05) is 42.7 Å². The third-order valence-electron chi connectivity index (χ3n) is 8.99. The molecule has 2 aromatic rings. The van der Waals surface area contributed by atoms with Gasteiger partial charge in [-0.05, 0) is 76.9 Å². The van der Waals surface area contributed by atoms with Gasteiger partial charge in [-0.15, -0.1) is 11.6 Å². The molecule has 1 fully saturated rings. The van der Waals surface area contributed by atoms with Gasteiger partial charge in [-0.25, -0.2) is 4.39 Å². The number of ether oxygens (including phenoxy) is 7. The second-order valence-electron chi connectivity index (χ2n) is 13.2. The number of methoxy groups -OCH3 is 1. The second kappa shape index (κ2) is 27.8. The molecular formula is C41H62ClFN2O8. The Labute approximate surface area is 321 Å². The molecule has 0 radical (unpaired) electrons. The zero-order valence-electron chi connectivity index (χ0n) is 32.2. The molecule has 298 valence electrons. The molecule has 12 heteroatoms. The Balaban J connectivity index is 1.34. The fraction of sp³-hybridized carbons (Fsp3) is 0.634. The third-order valence-corrected chi connectivity index (χ3v) is 9.26. The Bertz CT molecular complexity index is 1320. The number of nitrogens with zero attached hydrogens (tertiary/aromatic N) is 2. The Hall–Kier alpha value is -2.77. The maximum Gasteiger partial charge on any atom is 0.254 e. The van der Waals surface area contributed by atoms with Crippen molar-refractivity contribution in [1.29, 1.82) is 0 Å². The van der Waals surface area contributed by atoms with Crippen molar-refractivity contribution in [3.8, 4) is 11.5 Å². The summed E-state index contributed by atoms with van der Waals surface area (Å²) in [4.78, 5) is 18.2. The molecular weight excluding hydrogens is 703 g/mol. The van der Waals surface area contributed by atoms with Crippen molar-refractivity contribution in [1.82, 2.24) is 9.80 Å². The number of hydrogen-bond donors (Lipinski definition) is 0. The van der Waals surface area contributed by atoms with Gasteiger partial charge in [0.1, 0.15) is 12.4 Å². The standard InChI is InChI=1S/C41H62ClFN2O8/c1-34(31-35-11-6-7-13-38(35)43)33-45(19-16-37-12-10-18-44(37)2)41(46)36-14-15-39(47-3)40(32-36)53-30-29-52-28-27-51-26-25-50-24-23-49-22-21-48-20-9-5-4-8-17-42/h6-7,11,13-15,31-32,37H,4-5,8-10,12,16-30,33H2,1-3H3. The topological polar surface area (TPSA) is 88.2 Å². The summed E-state index contributed by atoms with van der Waals surface area (Å²) in [5, 5.41) is 0. The number of carbonyl (C=O) groups excluding carboxylic acids is 1. The zero-order valence-corrected chi connectivity index (χ0v) is 32.9. The van der Waals surface area contributed by atoms with Crippen LogP contribution in [0.15, 0.2) is 48.0 Å². The zero-order chi connectivity index (χ0) is 37.9. The molecule has 1 aliphatic heterocycles. The van der Waals surface area contributed by atoms with Crippen molar-refractivity contribution in [2.24, 2.45) is 0 Å². The fourth-order valence-corrected chi connectivity index (χ4v) is 6.24. The number of benzene rings is 2. The van der Waals surface area contributed by atoms with Crippen molar-refractivity contribution >= 4 is 23.6 Å². The van der Waals surface area contributed by atoms with Crippen LogP contribution in [0.1, 0.15) is 67.8 Å². The summed E-state index contributed by atoms with van der Waals surface area (Å²) in [7, 11) is 3.71. The lowest BCUT2D eigenvalue weighted by atomic mass is 10.1. The third kappa shape index (κ3) is 18.4. The molecule has 0 aromatic heterocycles. The molecule has 53 heavy (non-hydrogen) atoms. The van der Waals surface area contributed by atoms with E-state index >= 15 is 0 Å². The molecule has 1 amide bonds. The van der Waals surface area contributed by atoms with Crippen LogP contribution in [-0.4, -0.2) is 134 Å². The number of unbranched alkanes of at least 4 members (excludes halogenated alkanes) is 3. The summed E-state index contributed by atoms with van der Waals surface area (Å²) in [5.41, 5.74) is 1.90. The highest BCUT2D eigenvalue weighted by Crippen LogP contribution is 2.29. The average molecular weight is 765 g/mol. The second-order valence-corrected chi connectivity index (χ2v) is 13.6. The van der Waals surface area contributed by atoms with Crippen LogP contribution in [0, 0.1) is 5.82 Å². The maximum absolute atomic E-state index is 14.4. The van der Waals surface area contributed by atoms with E-state index in [0.29, 0.717) is 101 Å². The van der Waals surface area contributed by atoms with E-state index in [9.17, 15) is 9.18 Å². The Morgan fingerprint density at radius 1 is 0.849 bits per heavy atom. The first-order chi connectivity index (χ1) is 25.9. The lowest BCUT2D eigenvalue weighted by Crippen LogP contribution is -2.37. The lowest BCUT2D eigenvalue weighted by molar-refractivity contribution is -0.0129. The summed E-state index contributed by atoms with van der Waals surface area (Å²) in [5.74, 6) is 1.33. The van der Waals surface area contributed by atoms with Gasteiger partial charge in [0.2, 0.25) is 0 Å². The first kappa shape index (κ1) is 44.6. The van der Waals surface area contributed by atoms with Crippen LogP contribution in [0.3, 0.4) is 0 Å². The molecule has 0 bridgehead atoms. The smallest absolute Gasteiger partial charge is 0.254 e. The molecule has 0 saturated carbocycles. The first-order valence-corrected chi connectivity index (χ1v) is 19.6. The monoisotopic (exact) mass is 764 g/mol. The number of rotatable bonds is 30. The fourth-order valence-electron chi connectivity index (χ4n) is 6.06. The summed E-state index contributed by atoms with van der Waals surface area (Å²) >= 11 is 5.68. The van der Waals surface area contributed by atoms with E-state index in [0.717, 1.165) is 69.6 Å². The van der Waals surface area contributed by atoms with Crippen molar-refractivity contribution in [3.05, 3.63) is 65.0 Å². The quantitative estimate of drug-likeness (QED) is 0.0610. The molecule has 3 rings (SSSR count). The highest BCUT2D eigenvalue weighted by Gasteiger charge is 2.24. The van der Waals surface area contributed by atoms with Gasteiger partial charge in [0.05, 0.1) is 66.6 Å². The number of likely N-dealkylation sites (tertiary alicyclic amines) is 1. The Morgan fingerprint density at radius 3 is 2.08 bits per heavy atom. The number of carbonyl (C=O) groups is 1. The van der Waals surface area contributed by atoms with Crippen LogP contribution >= 0.6 is 11.6 Å². The molecule has 1 saturated heterocycles. The van der Waals surface area contributed by atoms with Gasteiger partial charge in [0.15, 0.2) is 11.5 Å². The molecule has 1 aliphatic rings. The van der Waals surface area contributed by atoms with Crippen LogP contribution in [0.2, 0.25) is 0 Å². The van der Waals surface area contributed by atoms with Gasteiger partial charge in [-0.3, -0.25) is 4.79 Å². The summed E-state index contributed by atoms with van der Waals surface area (Å²) in [6.07, 6.45) is 9.40. The average Bonchev–Trinajstić information content (AvgIpc) is 3.58. The van der Waals surface area contributed by atoms with Crippen molar-refractivity contribution in [2.75, 3.05) is 112 Å². The molecule has 0 spiro atoms. The minimum absolute atomic E-state index is 0.116. The Morgan fingerprint density at radius 2 is 1.47 bits per heavy atom. The minimum atomic E-state index is -0.286. The van der Waals surface area contributed by atoms with Crippen LogP contribution in [0.5, 0.6) is 11.5 Å². The molecule has 1 unspecified atom stereocenters. The summed E-state index contributed by atoms with van der Waals surface area (Å²) in [6.45, 7) is 9.35. The number of alkyl halides is 1. The van der Waals surface area contributed by atoms with Crippen molar-refractivity contribution in [3.63, 3.8) is 0 Å². The van der Waals surface area contributed by atoms with Gasteiger partial charge in [0.25, 0.3) is 5.91 Å². The molecule has 1 heterocycles. The molecule has 0 aliphatic carbocycles. The van der Waals surface area contributed by atoms with Crippen LogP contribution < -0.4 is 9.47 Å². The normalized spacial score (nSPS) is 14.9. The van der Waals surface area contributed by atoms with Gasteiger partial charge < -0.3 is 43.0 Å². The highest BCUT2D eigenvalue weighted by molar-refractivity contribution is 6.17. The summed E-state index contributed by atoms with van der Waals surface area (Å²) < 4.78 is 53.8. The maximum atomic E-state index is 14.4. The van der Waals surface area contributed by atoms with E-state index in [2.05, 4.69) is 11.9 Å². The van der Waals surface area contributed by atoms with E-state index < -0.39 is 0 Å². The van der Waals surface area contributed by atoms with Crippen LogP contribution in [-0.2, 0) is 23.7 Å². The highest BCUT2D eigenvalue weighted by atomic mass is 35.5. The van der Waals surface area contributed by atoms with E-state index in [-0.39, 0.29) is 18.3 Å². The van der Waals surface area contributed by atoms with Gasteiger partial charge in [0, 0.05) is 42.7 Å². The van der Waals surface area contributed by atoms with Crippen LogP contribution in [0.25, 0.3) is 6.08 Å². The lowest BCUT2D eigenvalue weighted by Gasteiger charge is -2.27. The van der Waals surface area contributed by atoms with E-state index in [4.69, 9.17) is 44.8 Å². The number of halogens is 2. The van der Waals surface area contributed by atoms with Crippen molar-refractivity contribution < 1.29 is 42.3 Å².